The molecule has 152 valence electrons. The van der Waals surface area contributed by atoms with Gasteiger partial charge in [-0.2, -0.15) is 0 Å². The summed E-state index contributed by atoms with van der Waals surface area (Å²) in [6.45, 7) is 6.36. The van der Waals surface area contributed by atoms with E-state index < -0.39 is 16.5 Å². The lowest BCUT2D eigenvalue weighted by atomic mass is 10.1. The number of nitrogens with zero attached hydrogens (tertiary/aromatic N) is 3. The minimum absolute atomic E-state index is 0.0769. The van der Waals surface area contributed by atoms with Crippen LogP contribution in [0.15, 0.2) is 18.2 Å². The number of rotatable bonds is 3. The number of hydrogen-bond acceptors (Lipinski definition) is 7. The van der Waals surface area contributed by atoms with E-state index in [2.05, 4.69) is 4.74 Å². The van der Waals surface area contributed by atoms with E-state index in [1.807, 2.05) is 25.7 Å². The fourth-order valence-electron chi connectivity index (χ4n) is 3.97. The average molecular weight is 391 g/mol. The van der Waals surface area contributed by atoms with Crippen molar-refractivity contribution in [3.05, 3.63) is 33.9 Å². The lowest BCUT2D eigenvalue weighted by Crippen LogP contribution is -2.56. The van der Waals surface area contributed by atoms with Gasteiger partial charge in [0, 0.05) is 13.1 Å². The molecular weight excluding hydrogens is 366 g/mol. The standard InChI is InChI=1S/C19H25N3O6/c1-19(2,3)28-18(24)21-12-8-9-13(21)11-20(10-12)15-7-5-6-14(17(23)27-4)16(15)22(25)26/h5-7,12-13H,8-11H2,1-4H3/t12-,13+. The highest BCUT2D eigenvalue weighted by atomic mass is 16.6. The zero-order valence-corrected chi connectivity index (χ0v) is 16.5. The first-order valence-electron chi connectivity index (χ1n) is 9.24. The Balaban J connectivity index is 1.88. The maximum Gasteiger partial charge on any atom is 0.410 e. The summed E-state index contributed by atoms with van der Waals surface area (Å²) >= 11 is 0. The van der Waals surface area contributed by atoms with E-state index in [1.54, 1.807) is 17.0 Å². The van der Waals surface area contributed by atoms with Crippen LogP contribution in [0, 0.1) is 10.1 Å². The van der Waals surface area contributed by atoms with Crippen LogP contribution in [0.25, 0.3) is 0 Å². The number of ether oxygens (including phenoxy) is 2. The molecule has 0 radical (unpaired) electrons. The third-order valence-electron chi connectivity index (χ3n) is 5.03. The number of nitro benzene ring substituents is 1. The molecule has 1 amide bonds. The number of carbonyl (C=O) groups is 2. The number of fused-ring (bicyclic) bond motifs is 2. The molecule has 2 aliphatic rings. The third kappa shape index (κ3) is 3.74. The first-order chi connectivity index (χ1) is 13.1. The van der Waals surface area contributed by atoms with Crippen molar-refractivity contribution in [2.45, 2.75) is 51.3 Å². The Labute approximate surface area is 163 Å². The second-order valence-corrected chi connectivity index (χ2v) is 8.10. The van der Waals surface area contributed by atoms with Crippen molar-refractivity contribution < 1.29 is 24.0 Å². The molecule has 0 spiro atoms. The zero-order chi connectivity index (χ0) is 20.6. The van der Waals surface area contributed by atoms with E-state index >= 15 is 0 Å². The highest BCUT2D eigenvalue weighted by molar-refractivity contribution is 5.97. The molecule has 2 aliphatic heterocycles. The molecule has 9 nitrogen and oxygen atoms in total. The minimum atomic E-state index is -0.746. The Morgan fingerprint density at radius 3 is 2.29 bits per heavy atom. The van der Waals surface area contributed by atoms with Gasteiger partial charge in [-0.25, -0.2) is 9.59 Å². The number of para-hydroxylation sites is 1. The second kappa shape index (κ2) is 7.29. The van der Waals surface area contributed by atoms with Crippen LogP contribution in [-0.2, 0) is 9.47 Å². The zero-order valence-electron chi connectivity index (χ0n) is 16.5. The van der Waals surface area contributed by atoms with Gasteiger partial charge < -0.3 is 14.4 Å². The molecule has 2 fully saturated rings. The Bertz CT molecular complexity index is 789. The maximum atomic E-state index is 12.6. The number of benzene rings is 1. The van der Waals surface area contributed by atoms with Crippen molar-refractivity contribution in [3.63, 3.8) is 0 Å². The highest BCUT2D eigenvalue weighted by Gasteiger charge is 2.45. The van der Waals surface area contributed by atoms with Crippen LogP contribution >= 0.6 is 0 Å². The van der Waals surface area contributed by atoms with E-state index in [9.17, 15) is 19.7 Å². The Hall–Kier alpha value is -2.84. The van der Waals surface area contributed by atoms with Crippen LogP contribution in [-0.4, -0.2) is 59.8 Å². The molecule has 3 rings (SSSR count). The number of hydrogen-bond donors (Lipinski definition) is 0. The fraction of sp³-hybridized carbons (Fsp3) is 0.579. The molecule has 28 heavy (non-hydrogen) atoms. The normalized spacial score (nSPS) is 21.4. The van der Waals surface area contributed by atoms with Crippen molar-refractivity contribution >= 4 is 23.4 Å². The van der Waals surface area contributed by atoms with Gasteiger partial charge in [-0.05, 0) is 45.7 Å². The molecule has 0 saturated carbocycles. The van der Waals surface area contributed by atoms with Gasteiger partial charge in [0.05, 0.1) is 24.1 Å². The Morgan fingerprint density at radius 2 is 1.79 bits per heavy atom. The van der Waals surface area contributed by atoms with Gasteiger partial charge in [-0.3, -0.25) is 15.0 Å². The third-order valence-corrected chi connectivity index (χ3v) is 5.03. The van der Waals surface area contributed by atoms with Gasteiger partial charge in [0.1, 0.15) is 16.9 Å². The average Bonchev–Trinajstić information content (AvgIpc) is 2.89. The number of amides is 1. The maximum absolute atomic E-state index is 12.6. The molecule has 9 heteroatoms. The summed E-state index contributed by atoms with van der Waals surface area (Å²) in [5.41, 5.74) is -0.554. The van der Waals surface area contributed by atoms with Crippen LogP contribution in [0.5, 0.6) is 0 Å². The van der Waals surface area contributed by atoms with E-state index in [-0.39, 0.29) is 29.4 Å². The lowest BCUT2D eigenvalue weighted by Gasteiger charge is -2.42. The SMILES string of the molecule is COC(=O)c1cccc(N2C[C@H]3CC[C@@H](C2)N3C(=O)OC(C)(C)C)c1[N+](=O)[O-]. The van der Waals surface area contributed by atoms with Crippen molar-refractivity contribution in [1.82, 2.24) is 4.90 Å². The fourth-order valence-corrected chi connectivity index (χ4v) is 3.97. The molecule has 0 aromatic heterocycles. The van der Waals surface area contributed by atoms with E-state index in [1.165, 1.54) is 13.2 Å². The van der Waals surface area contributed by atoms with Gasteiger partial charge in [-0.1, -0.05) is 6.07 Å². The van der Waals surface area contributed by atoms with Crippen molar-refractivity contribution in [1.29, 1.82) is 0 Å². The smallest absolute Gasteiger partial charge is 0.410 e. The van der Waals surface area contributed by atoms with Crippen LogP contribution in [0.1, 0.15) is 44.0 Å². The summed E-state index contributed by atoms with van der Waals surface area (Å²) in [6.07, 6.45) is 1.27. The molecule has 2 bridgehead atoms. The molecule has 2 heterocycles. The monoisotopic (exact) mass is 391 g/mol. The number of piperazine rings is 1. The number of anilines is 1. The number of carbonyl (C=O) groups excluding carboxylic acids is 2. The summed E-state index contributed by atoms with van der Waals surface area (Å²) in [5, 5.41) is 11.7. The van der Waals surface area contributed by atoms with E-state index in [0.29, 0.717) is 18.8 Å². The second-order valence-electron chi connectivity index (χ2n) is 8.10. The molecule has 0 aliphatic carbocycles. The van der Waals surface area contributed by atoms with Crippen LogP contribution in [0.4, 0.5) is 16.2 Å². The van der Waals surface area contributed by atoms with E-state index in [0.717, 1.165) is 12.8 Å². The largest absolute Gasteiger partial charge is 0.465 e. The highest BCUT2D eigenvalue weighted by Crippen LogP contribution is 2.38. The van der Waals surface area contributed by atoms with Crippen LogP contribution in [0.3, 0.4) is 0 Å². The molecule has 0 unspecified atom stereocenters. The quantitative estimate of drug-likeness (QED) is 0.443. The van der Waals surface area contributed by atoms with Crippen molar-refractivity contribution in [2.75, 3.05) is 25.1 Å². The summed E-state index contributed by atoms with van der Waals surface area (Å²) in [5.74, 6) is -0.746. The Morgan fingerprint density at radius 1 is 1.18 bits per heavy atom. The summed E-state index contributed by atoms with van der Waals surface area (Å²) in [7, 11) is 1.19. The Kier molecular flexibility index (Phi) is 5.18. The molecule has 2 atom stereocenters. The molecule has 0 N–H and O–H groups in total. The van der Waals surface area contributed by atoms with Gasteiger partial charge in [0.2, 0.25) is 0 Å². The number of esters is 1. The van der Waals surface area contributed by atoms with Crippen molar-refractivity contribution in [2.24, 2.45) is 0 Å². The minimum Gasteiger partial charge on any atom is -0.465 e. The van der Waals surface area contributed by atoms with E-state index in [4.69, 9.17) is 4.74 Å². The summed E-state index contributed by atoms with van der Waals surface area (Å²) < 4.78 is 10.2. The predicted octanol–water partition coefficient (Wildman–Crippen LogP) is 2.97. The molecule has 1 aromatic carbocycles. The molecular formula is C19H25N3O6. The molecule has 1 aromatic rings. The van der Waals surface area contributed by atoms with Gasteiger partial charge in [0.15, 0.2) is 0 Å². The first-order valence-corrected chi connectivity index (χ1v) is 9.24. The topological polar surface area (TPSA) is 102 Å². The van der Waals surface area contributed by atoms with Gasteiger partial charge >= 0.3 is 17.7 Å². The van der Waals surface area contributed by atoms with Crippen molar-refractivity contribution in [3.8, 4) is 0 Å². The number of nitro groups is 1. The van der Waals surface area contributed by atoms with Gasteiger partial charge in [-0.15, -0.1) is 0 Å². The first kappa shape index (κ1) is 19.9. The molecule has 2 saturated heterocycles. The lowest BCUT2D eigenvalue weighted by molar-refractivity contribution is -0.384. The predicted molar refractivity (Wildman–Crippen MR) is 102 cm³/mol. The summed E-state index contributed by atoms with van der Waals surface area (Å²) in [4.78, 5) is 39.4. The van der Waals surface area contributed by atoms with Crippen LogP contribution in [0.2, 0.25) is 0 Å². The van der Waals surface area contributed by atoms with Crippen LogP contribution < -0.4 is 4.90 Å². The number of methoxy groups -OCH3 is 1. The summed E-state index contributed by atoms with van der Waals surface area (Å²) in [6, 6.07) is 4.45. The van der Waals surface area contributed by atoms with Gasteiger partial charge in [0.25, 0.3) is 0 Å².